The van der Waals surface area contributed by atoms with Crippen LogP contribution in [0.25, 0.3) is 6.08 Å². The van der Waals surface area contributed by atoms with Gasteiger partial charge in [-0.2, -0.15) is 13.7 Å². The third-order valence-corrected chi connectivity index (χ3v) is 6.04. The number of hydrogen-bond donors (Lipinski definition) is 1. The van der Waals surface area contributed by atoms with Crippen LogP contribution in [-0.2, 0) is 14.9 Å². The number of nitriles is 1. The molecule has 3 aromatic rings. The minimum atomic E-state index is -3.99. The molecule has 0 fully saturated rings. The normalized spacial score (nSPS) is 11.5. The van der Waals surface area contributed by atoms with Gasteiger partial charge in [0.25, 0.3) is 5.91 Å². The molecule has 0 unspecified atom stereocenters. The van der Waals surface area contributed by atoms with Crippen LogP contribution >= 0.6 is 15.9 Å². The Kier molecular flexibility index (Phi) is 6.90. The van der Waals surface area contributed by atoms with Crippen molar-refractivity contribution in [2.24, 2.45) is 0 Å². The Balaban J connectivity index is 1.79. The summed E-state index contributed by atoms with van der Waals surface area (Å²) in [7, 11) is -3.99. The Bertz CT molecular complexity index is 1280. The van der Waals surface area contributed by atoms with E-state index in [2.05, 4.69) is 21.2 Å². The Morgan fingerprint density at radius 1 is 1.06 bits per heavy atom. The molecule has 8 heteroatoms. The Labute approximate surface area is 189 Å². The minimum absolute atomic E-state index is 0.0328. The molecule has 6 nitrogen and oxygen atoms in total. The average Bonchev–Trinajstić information content (AvgIpc) is 2.76. The van der Waals surface area contributed by atoms with Crippen LogP contribution in [0.2, 0.25) is 0 Å². The minimum Gasteiger partial charge on any atom is -0.378 e. The summed E-state index contributed by atoms with van der Waals surface area (Å²) >= 11 is 3.28. The fourth-order valence-electron chi connectivity index (χ4n) is 2.58. The van der Waals surface area contributed by atoms with Crippen molar-refractivity contribution in [1.82, 2.24) is 0 Å². The number of carbonyl (C=O) groups excluding carboxylic acids is 1. The number of carbonyl (C=O) groups is 1. The quantitative estimate of drug-likeness (QED) is 0.292. The van der Waals surface area contributed by atoms with Crippen LogP contribution in [-0.4, -0.2) is 14.3 Å². The van der Waals surface area contributed by atoms with Crippen molar-refractivity contribution < 1.29 is 17.4 Å². The summed E-state index contributed by atoms with van der Waals surface area (Å²) in [4.78, 5) is 12.4. The predicted molar refractivity (Wildman–Crippen MR) is 122 cm³/mol. The fourth-order valence-corrected chi connectivity index (χ4v) is 4.13. The maximum atomic E-state index is 12.4. The average molecular weight is 497 g/mol. The molecule has 0 spiro atoms. The summed E-state index contributed by atoms with van der Waals surface area (Å²) in [5.41, 5.74) is 2.05. The third kappa shape index (κ3) is 5.81. The van der Waals surface area contributed by atoms with E-state index in [1.807, 2.05) is 25.1 Å². The summed E-state index contributed by atoms with van der Waals surface area (Å²) in [5.74, 6) is -0.460. The molecule has 0 aromatic heterocycles. The molecule has 156 valence electrons. The van der Waals surface area contributed by atoms with E-state index in [1.165, 1.54) is 24.3 Å². The first-order chi connectivity index (χ1) is 14.8. The molecule has 0 aliphatic carbocycles. The fraction of sp³-hybridized carbons (Fsp3) is 0.0435. The van der Waals surface area contributed by atoms with E-state index < -0.39 is 16.0 Å². The largest absolute Gasteiger partial charge is 0.378 e. The summed E-state index contributed by atoms with van der Waals surface area (Å²) in [6, 6.07) is 21.4. The SMILES string of the molecule is Cc1ccc(NC(=O)/C(C#N)=C/c2ccc(OS(=O)(=O)c3ccccc3)c(Br)c2)cc1. The number of benzene rings is 3. The molecule has 0 heterocycles. The van der Waals surface area contributed by atoms with Gasteiger partial charge in [-0.15, -0.1) is 0 Å². The van der Waals surface area contributed by atoms with Crippen molar-refractivity contribution in [3.63, 3.8) is 0 Å². The van der Waals surface area contributed by atoms with Crippen molar-refractivity contribution in [2.75, 3.05) is 5.32 Å². The van der Waals surface area contributed by atoms with Crippen molar-refractivity contribution in [3.8, 4) is 11.8 Å². The highest BCUT2D eigenvalue weighted by Crippen LogP contribution is 2.29. The van der Waals surface area contributed by atoms with Crippen LogP contribution in [0.5, 0.6) is 5.75 Å². The van der Waals surface area contributed by atoms with Gasteiger partial charge >= 0.3 is 10.1 Å². The van der Waals surface area contributed by atoms with Crippen molar-refractivity contribution in [1.29, 1.82) is 5.26 Å². The highest BCUT2D eigenvalue weighted by Gasteiger charge is 2.18. The number of nitrogens with zero attached hydrogens (tertiary/aromatic N) is 1. The summed E-state index contributed by atoms with van der Waals surface area (Å²) in [6.07, 6.45) is 1.41. The van der Waals surface area contributed by atoms with E-state index in [4.69, 9.17) is 4.18 Å². The van der Waals surface area contributed by atoms with Gasteiger partial charge in [0, 0.05) is 5.69 Å². The molecule has 3 aromatic carbocycles. The van der Waals surface area contributed by atoms with E-state index in [9.17, 15) is 18.5 Å². The maximum absolute atomic E-state index is 12.4. The van der Waals surface area contributed by atoms with Gasteiger partial charge in [0.15, 0.2) is 5.75 Å². The zero-order chi connectivity index (χ0) is 22.4. The lowest BCUT2D eigenvalue weighted by molar-refractivity contribution is -0.112. The molecule has 0 atom stereocenters. The number of anilines is 1. The van der Waals surface area contributed by atoms with Gasteiger partial charge in [0.1, 0.15) is 16.5 Å². The zero-order valence-electron chi connectivity index (χ0n) is 16.4. The smallest absolute Gasteiger partial charge is 0.339 e. The molecule has 0 aliphatic rings. The number of amides is 1. The van der Waals surface area contributed by atoms with Crippen LogP contribution < -0.4 is 9.50 Å². The van der Waals surface area contributed by atoms with E-state index >= 15 is 0 Å². The Hall–Kier alpha value is -3.41. The molecule has 1 N–H and O–H groups in total. The number of hydrogen-bond acceptors (Lipinski definition) is 5. The summed E-state index contributed by atoms with van der Waals surface area (Å²) < 4.78 is 30.4. The predicted octanol–water partition coefficient (Wildman–Crippen LogP) is 5.07. The first-order valence-electron chi connectivity index (χ1n) is 9.07. The highest BCUT2D eigenvalue weighted by atomic mass is 79.9. The van der Waals surface area contributed by atoms with Gasteiger partial charge in [-0.25, -0.2) is 0 Å². The van der Waals surface area contributed by atoms with Crippen LogP contribution in [0, 0.1) is 18.3 Å². The third-order valence-electron chi connectivity index (χ3n) is 4.17. The number of nitrogens with one attached hydrogen (secondary N) is 1. The molecule has 31 heavy (non-hydrogen) atoms. The topological polar surface area (TPSA) is 96.3 Å². The van der Waals surface area contributed by atoms with Crippen LogP contribution in [0.15, 0.2) is 87.7 Å². The standard InChI is InChI=1S/C23H17BrN2O4S/c1-16-7-10-19(11-8-16)26-23(27)18(15-25)13-17-9-12-22(21(24)14-17)30-31(28,29)20-5-3-2-4-6-20/h2-14H,1H3,(H,26,27)/b18-13+. The molecular formula is C23H17BrN2O4S. The number of rotatable bonds is 6. The summed E-state index contributed by atoms with van der Waals surface area (Å²) in [6.45, 7) is 1.93. The second-order valence-corrected chi connectivity index (χ2v) is 8.93. The van der Waals surface area contributed by atoms with Crippen molar-refractivity contribution in [3.05, 3.63) is 94.0 Å². The Morgan fingerprint density at radius 3 is 2.35 bits per heavy atom. The van der Waals surface area contributed by atoms with Gasteiger partial charge in [-0.05, 0) is 70.9 Å². The van der Waals surface area contributed by atoms with Crippen LogP contribution in [0.3, 0.4) is 0 Å². The second kappa shape index (κ2) is 9.60. The molecule has 0 saturated heterocycles. The van der Waals surface area contributed by atoms with Crippen LogP contribution in [0.1, 0.15) is 11.1 Å². The molecule has 0 saturated carbocycles. The van der Waals surface area contributed by atoms with Gasteiger partial charge < -0.3 is 9.50 Å². The molecule has 3 rings (SSSR count). The van der Waals surface area contributed by atoms with E-state index in [-0.39, 0.29) is 16.2 Å². The first kappa shape index (κ1) is 22.3. The molecule has 1 amide bonds. The van der Waals surface area contributed by atoms with Crippen LogP contribution in [0.4, 0.5) is 5.69 Å². The Morgan fingerprint density at radius 2 is 1.74 bits per heavy atom. The monoisotopic (exact) mass is 496 g/mol. The van der Waals surface area contributed by atoms with Gasteiger partial charge in [0.05, 0.1) is 4.47 Å². The van der Waals surface area contributed by atoms with Gasteiger partial charge in [-0.1, -0.05) is 42.0 Å². The van der Waals surface area contributed by atoms with Gasteiger partial charge in [0.2, 0.25) is 0 Å². The van der Waals surface area contributed by atoms with Gasteiger partial charge in [-0.3, -0.25) is 4.79 Å². The second-order valence-electron chi connectivity index (χ2n) is 6.53. The number of aryl methyl sites for hydroxylation is 1. The molecular weight excluding hydrogens is 480 g/mol. The van der Waals surface area contributed by atoms with E-state index in [0.717, 1.165) is 5.56 Å². The maximum Gasteiger partial charge on any atom is 0.339 e. The van der Waals surface area contributed by atoms with E-state index in [0.29, 0.717) is 15.7 Å². The van der Waals surface area contributed by atoms with E-state index in [1.54, 1.807) is 42.5 Å². The first-order valence-corrected chi connectivity index (χ1v) is 11.3. The highest BCUT2D eigenvalue weighted by molar-refractivity contribution is 9.10. The lowest BCUT2D eigenvalue weighted by Crippen LogP contribution is -2.13. The summed E-state index contributed by atoms with van der Waals surface area (Å²) in [5, 5.41) is 12.1. The molecule has 0 aliphatic heterocycles. The van der Waals surface area contributed by atoms with Crippen molar-refractivity contribution >= 4 is 43.7 Å². The molecule has 0 radical (unpaired) electrons. The molecule has 0 bridgehead atoms. The lowest BCUT2D eigenvalue weighted by Gasteiger charge is -2.09. The number of halogens is 1. The lowest BCUT2D eigenvalue weighted by atomic mass is 10.1. The van der Waals surface area contributed by atoms with Crippen molar-refractivity contribution in [2.45, 2.75) is 11.8 Å². The zero-order valence-corrected chi connectivity index (χ0v) is 18.8.